The molecule has 0 saturated heterocycles. The van der Waals surface area contributed by atoms with Crippen LogP contribution >= 0.6 is 23.2 Å². The maximum absolute atomic E-state index is 10.7. The normalized spacial score (nSPS) is 11.8. The van der Waals surface area contributed by atoms with Gasteiger partial charge in [-0.3, -0.25) is 0 Å². The van der Waals surface area contributed by atoms with Crippen LogP contribution in [0.5, 0.6) is 0 Å². The number of rotatable bonds is 3. The molecule has 0 aliphatic carbocycles. The molecule has 0 aromatic heterocycles. The van der Waals surface area contributed by atoms with Crippen molar-refractivity contribution in [3.63, 3.8) is 0 Å². The van der Waals surface area contributed by atoms with Gasteiger partial charge < -0.3 is 9.11 Å². The molecule has 0 aliphatic heterocycles. The van der Waals surface area contributed by atoms with Crippen LogP contribution in [0.15, 0.2) is 26.7 Å². The minimum atomic E-state index is -4.96. The molecule has 8 nitrogen and oxygen atoms in total. The SMILES string of the molecule is O=S(=O)([O-])N=Nc1cc(Cl)c(S(=O)(=O)[O-])cc1Cl.[Na+].[Na+]. The Morgan fingerprint density at radius 2 is 1.45 bits per heavy atom. The second-order valence-electron chi connectivity index (χ2n) is 2.80. The summed E-state index contributed by atoms with van der Waals surface area (Å²) in [6.45, 7) is 0. The van der Waals surface area contributed by atoms with Crippen LogP contribution in [0.3, 0.4) is 0 Å². The summed E-state index contributed by atoms with van der Waals surface area (Å²) in [4.78, 5) is -0.793. The molecular weight excluding hydrogens is 377 g/mol. The number of hydrogen-bond acceptors (Lipinski definition) is 7. The smallest absolute Gasteiger partial charge is 0.744 e. The van der Waals surface area contributed by atoms with Crippen molar-refractivity contribution in [3.8, 4) is 0 Å². The van der Waals surface area contributed by atoms with Gasteiger partial charge in [-0.25, -0.2) is 16.8 Å². The Labute approximate surface area is 169 Å². The molecule has 20 heavy (non-hydrogen) atoms. The number of benzene rings is 1. The Kier molecular flexibility index (Phi) is 10.3. The van der Waals surface area contributed by atoms with Crippen LogP contribution in [-0.4, -0.2) is 25.9 Å². The molecule has 0 amide bonds. The van der Waals surface area contributed by atoms with Gasteiger partial charge in [0.05, 0.1) is 14.9 Å². The zero-order valence-corrected chi connectivity index (χ0v) is 17.2. The molecule has 0 fully saturated rings. The molecular formula is C6H2Cl2N2Na2O6S2. The summed E-state index contributed by atoms with van der Waals surface area (Å²) in [5.74, 6) is 0. The van der Waals surface area contributed by atoms with Gasteiger partial charge in [0.2, 0.25) is 10.3 Å². The van der Waals surface area contributed by atoms with Crippen LogP contribution in [0.4, 0.5) is 5.69 Å². The third-order valence-electron chi connectivity index (χ3n) is 1.52. The average Bonchev–Trinajstić information content (AvgIpc) is 2.15. The Hall–Kier alpha value is 1.22. The van der Waals surface area contributed by atoms with Gasteiger partial charge in [0.1, 0.15) is 15.8 Å². The van der Waals surface area contributed by atoms with Gasteiger partial charge in [0.25, 0.3) is 0 Å². The van der Waals surface area contributed by atoms with Gasteiger partial charge in [-0.2, -0.15) is 0 Å². The molecule has 14 heteroatoms. The quantitative estimate of drug-likeness (QED) is 0.294. The molecule has 1 rings (SSSR count). The summed E-state index contributed by atoms with van der Waals surface area (Å²) >= 11 is 11.0. The molecule has 0 N–H and O–H groups in total. The molecule has 0 spiro atoms. The Morgan fingerprint density at radius 3 is 1.85 bits per heavy atom. The van der Waals surface area contributed by atoms with Crippen molar-refractivity contribution < 1.29 is 85.1 Å². The first kappa shape index (κ1) is 23.5. The number of hydrogen-bond donors (Lipinski definition) is 0. The van der Waals surface area contributed by atoms with Crippen LogP contribution in [0, 0.1) is 0 Å². The summed E-state index contributed by atoms with van der Waals surface area (Å²) < 4.78 is 65.2. The maximum atomic E-state index is 10.7. The average molecular weight is 379 g/mol. The van der Waals surface area contributed by atoms with Crippen molar-refractivity contribution in [3.05, 3.63) is 22.2 Å². The van der Waals surface area contributed by atoms with Crippen molar-refractivity contribution in [1.29, 1.82) is 0 Å². The van der Waals surface area contributed by atoms with E-state index in [1.165, 1.54) is 0 Å². The molecule has 0 atom stereocenters. The second kappa shape index (κ2) is 8.75. The fourth-order valence-electron chi connectivity index (χ4n) is 0.880. The zero-order valence-electron chi connectivity index (χ0n) is 10.1. The topological polar surface area (TPSA) is 139 Å². The van der Waals surface area contributed by atoms with Gasteiger partial charge in [-0.1, -0.05) is 27.7 Å². The molecule has 1 aromatic carbocycles. The van der Waals surface area contributed by atoms with E-state index in [0.29, 0.717) is 6.07 Å². The van der Waals surface area contributed by atoms with Gasteiger partial charge in [0.15, 0.2) is 0 Å². The molecule has 0 radical (unpaired) electrons. The van der Waals surface area contributed by atoms with E-state index in [9.17, 15) is 25.9 Å². The van der Waals surface area contributed by atoms with Gasteiger partial charge in [-0.15, -0.1) is 5.11 Å². The van der Waals surface area contributed by atoms with Gasteiger partial charge >= 0.3 is 59.1 Å². The standard InChI is InChI=1S/C6H4Cl2N2O6S2.2Na/c7-3-2-6(17(11,12)13)4(8)1-5(3)9-10-18(14,15)16;;/h1-2H,(H,11,12,13)(H,14,15,16);;/q;2*+1/p-2. The van der Waals surface area contributed by atoms with E-state index in [2.05, 4.69) is 9.63 Å². The largest absolute Gasteiger partial charge is 1.00 e. The van der Waals surface area contributed by atoms with E-state index in [-0.39, 0.29) is 64.8 Å². The second-order valence-corrected chi connectivity index (χ2v) is 5.98. The van der Waals surface area contributed by atoms with E-state index in [1.54, 1.807) is 0 Å². The van der Waals surface area contributed by atoms with Crippen molar-refractivity contribution >= 4 is 49.3 Å². The minimum absolute atomic E-state index is 0. The molecule has 0 aliphatic rings. The van der Waals surface area contributed by atoms with Crippen LogP contribution in [0.25, 0.3) is 0 Å². The van der Waals surface area contributed by atoms with Gasteiger partial charge in [0, 0.05) is 0 Å². The molecule has 0 unspecified atom stereocenters. The first-order valence-electron chi connectivity index (χ1n) is 3.84. The maximum Gasteiger partial charge on any atom is 1.00 e. The van der Waals surface area contributed by atoms with Crippen LogP contribution in [0.1, 0.15) is 0 Å². The Morgan fingerprint density at radius 1 is 0.950 bits per heavy atom. The third kappa shape index (κ3) is 7.47. The van der Waals surface area contributed by atoms with Crippen molar-refractivity contribution in [1.82, 2.24) is 0 Å². The van der Waals surface area contributed by atoms with Crippen molar-refractivity contribution in [2.45, 2.75) is 4.90 Å². The van der Waals surface area contributed by atoms with E-state index in [0.717, 1.165) is 6.07 Å². The molecule has 1 aromatic rings. The molecule has 0 saturated carbocycles. The Balaban J connectivity index is 0. The molecule has 0 bridgehead atoms. The summed E-state index contributed by atoms with van der Waals surface area (Å²) in [6.07, 6.45) is 0. The predicted octanol–water partition coefficient (Wildman–Crippen LogP) is -4.55. The number of halogens is 2. The van der Waals surface area contributed by atoms with Crippen molar-refractivity contribution in [2.75, 3.05) is 0 Å². The monoisotopic (exact) mass is 378 g/mol. The zero-order chi connectivity index (χ0) is 14.1. The first-order chi connectivity index (χ1) is 8.00. The van der Waals surface area contributed by atoms with E-state index in [4.69, 9.17) is 23.2 Å². The minimum Gasteiger partial charge on any atom is -0.744 e. The summed E-state index contributed by atoms with van der Waals surface area (Å²) in [5.41, 5.74) is -0.367. The van der Waals surface area contributed by atoms with E-state index < -0.39 is 35.4 Å². The summed E-state index contributed by atoms with van der Waals surface area (Å²) in [6, 6.07) is 1.47. The van der Waals surface area contributed by atoms with Crippen LogP contribution in [0.2, 0.25) is 10.0 Å². The van der Waals surface area contributed by atoms with E-state index >= 15 is 0 Å². The third-order valence-corrected chi connectivity index (χ3v) is 3.40. The summed E-state index contributed by atoms with van der Waals surface area (Å²) in [5, 5.41) is 2.05. The first-order valence-corrected chi connectivity index (χ1v) is 7.37. The van der Waals surface area contributed by atoms with Crippen LogP contribution in [-0.2, 0) is 20.4 Å². The van der Waals surface area contributed by atoms with Crippen molar-refractivity contribution in [2.24, 2.45) is 9.63 Å². The van der Waals surface area contributed by atoms with Gasteiger partial charge in [-0.05, 0) is 12.1 Å². The van der Waals surface area contributed by atoms with Crippen LogP contribution < -0.4 is 59.1 Å². The molecule has 100 valence electrons. The fourth-order valence-corrected chi connectivity index (χ4v) is 2.34. The predicted molar refractivity (Wildman–Crippen MR) is 58.6 cm³/mol. The molecule has 0 heterocycles. The summed E-state index contributed by atoms with van der Waals surface area (Å²) in [7, 11) is -9.80. The van der Waals surface area contributed by atoms with E-state index in [1.807, 2.05) is 0 Å². The Bertz CT molecular complexity index is 721. The number of nitrogens with zero attached hydrogens (tertiary/aromatic N) is 2. The fraction of sp³-hybridized carbons (Fsp3) is 0.